The summed E-state index contributed by atoms with van der Waals surface area (Å²) in [4.78, 5) is 9.39. The van der Waals surface area contributed by atoms with E-state index in [1.807, 2.05) is 24.4 Å². The molecule has 0 aliphatic carbocycles. The van der Waals surface area contributed by atoms with Crippen LogP contribution in [0, 0.1) is 0 Å². The van der Waals surface area contributed by atoms with Crippen LogP contribution in [-0.4, -0.2) is 41.0 Å². The molecule has 0 spiro atoms. The first-order valence-corrected chi connectivity index (χ1v) is 8.22. The molecule has 1 atom stereocenters. The van der Waals surface area contributed by atoms with Crippen LogP contribution >= 0.6 is 11.6 Å². The highest BCUT2D eigenvalue weighted by atomic mass is 35.5. The molecule has 2 aromatic rings. The summed E-state index contributed by atoms with van der Waals surface area (Å²) >= 11 is 6.33. The van der Waals surface area contributed by atoms with Gasteiger partial charge in [-0.15, -0.1) is 0 Å². The van der Waals surface area contributed by atoms with Gasteiger partial charge in [0.05, 0.1) is 5.69 Å². The van der Waals surface area contributed by atoms with Gasteiger partial charge in [-0.2, -0.15) is 0 Å². The Labute approximate surface area is 137 Å². The summed E-state index contributed by atoms with van der Waals surface area (Å²) in [5.74, 6) is 0. The number of nitrogens with zero attached hydrogens (tertiary/aromatic N) is 3. The van der Waals surface area contributed by atoms with Crippen LogP contribution in [-0.2, 0) is 6.54 Å². The molecule has 0 N–H and O–H groups in total. The van der Waals surface area contributed by atoms with Crippen molar-refractivity contribution in [2.24, 2.45) is 0 Å². The zero-order chi connectivity index (χ0) is 15.4. The maximum absolute atomic E-state index is 6.33. The molecular weight excluding hydrogens is 294 g/mol. The summed E-state index contributed by atoms with van der Waals surface area (Å²) in [7, 11) is 0. The van der Waals surface area contributed by atoms with Crippen LogP contribution in [0.2, 0.25) is 5.02 Å². The normalized spacial score (nSPS) is 18.3. The lowest BCUT2D eigenvalue weighted by atomic mass is 10.1. The van der Waals surface area contributed by atoms with Gasteiger partial charge in [-0.25, -0.2) is 0 Å². The molecule has 1 unspecified atom stereocenters. The molecule has 1 saturated heterocycles. The molecule has 3 rings (SSSR count). The maximum atomic E-state index is 6.33. The maximum Gasteiger partial charge on any atom is 0.0543 e. The number of pyridine rings is 1. The molecule has 0 amide bonds. The van der Waals surface area contributed by atoms with Crippen LogP contribution in [0.1, 0.15) is 24.2 Å². The molecular formula is C18H22ClN3. The first kappa shape index (κ1) is 15.5. The molecule has 4 heteroatoms. The monoisotopic (exact) mass is 315 g/mol. The summed E-state index contributed by atoms with van der Waals surface area (Å²) in [5, 5.41) is 0.867. The van der Waals surface area contributed by atoms with Gasteiger partial charge in [-0.3, -0.25) is 14.8 Å². The van der Waals surface area contributed by atoms with Gasteiger partial charge in [-0.1, -0.05) is 35.9 Å². The van der Waals surface area contributed by atoms with Gasteiger partial charge in [0, 0.05) is 50.0 Å². The number of piperazine rings is 1. The lowest BCUT2D eigenvalue weighted by Crippen LogP contribution is -2.46. The van der Waals surface area contributed by atoms with Crippen molar-refractivity contribution < 1.29 is 0 Å². The van der Waals surface area contributed by atoms with E-state index in [4.69, 9.17) is 11.6 Å². The summed E-state index contributed by atoms with van der Waals surface area (Å²) in [5.41, 5.74) is 2.37. The van der Waals surface area contributed by atoms with Crippen LogP contribution in [0.25, 0.3) is 0 Å². The Morgan fingerprint density at radius 2 is 1.77 bits per heavy atom. The molecule has 0 bridgehead atoms. The molecule has 3 nitrogen and oxygen atoms in total. The average molecular weight is 316 g/mol. The fraction of sp³-hybridized carbons (Fsp3) is 0.389. The number of hydrogen-bond donors (Lipinski definition) is 0. The minimum absolute atomic E-state index is 0.366. The summed E-state index contributed by atoms with van der Waals surface area (Å²) in [6, 6.07) is 14.6. The number of aromatic nitrogens is 1. The highest BCUT2D eigenvalue weighted by molar-refractivity contribution is 6.31. The lowest BCUT2D eigenvalue weighted by molar-refractivity contribution is 0.0971. The first-order valence-electron chi connectivity index (χ1n) is 7.85. The van der Waals surface area contributed by atoms with Gasteiger partial charge < -0.3 is 0 Å². The Morgan fingerprint density at radius 3 is 2.45 bits per heavy atom. The first-order chi connectivity index (χ1) is 10.7. The third kappa shape index (κ3) is 3.67. The van der Waals surface area contributed by atoms with Crippen molar-refractivity contribution >= 4 is 11.6 Å². The predicted molar refractivity (Wildman–Crippen MR) is 91.0 cm³/mol. The van der Waals surface area contributed by atoms with Crippen LogP contribution in [0.5, 0.6) is 0 Å². The zero-order valence-corrected chi connectivity index (χ0v) is 13.7. The van der Waals surface area contributed by atoms with Gasteiger partial charge in [0.2, 0.25) is 0 Å². The molecule has 116 valence electrons. The van der Waals surface area contributed by atoms with E-state index in [1.165, 1.54) is 5.56 Å². The minimum Gasteiger partial charge on any atom is -0.295 e. The van der Waals surface area contributed by atoms with E-state index in [0.717, 1.165) is 43.4 Å². The van der Waals surface area contributed by atoms with Crippen molar-refractivity contribution in [3.05, 3.63) is 64.9 Å². The standard InChI is InChI=1S/C18H22ClN3/c1-15(17-7-2-3-8-18(17)19)22-12-10-21(11-13-22)14-16-6-4-5-9-20-16/h2-9,15H,10-14H2,1H3. The van der Waals surface area contributed by atoms with Gasteiger partial charge >= 0.3 is 0 Å². The number of hydrogen-bond acceptors (Lipinski definition) is 3. The fourth-order valence-corrected chi connectivity index (χ4v) is 3.33. The van der Waals surface area contributed by atoms with Crippen molar-refractivity contribution in [1.29, 1.82) is 0 Å². The molecule has 1 fully saturated rings. The lowest BCUT2D eigenvalue weighted by Gasteiger charge is -2.38. The van der Waals surface area contributed by atoms with E-state index in [0.29, 0.717) is 6.04 Å². The molecule has 1 aromatic heterocycles. The average Bonchev–Trinajstić information content (AvgIpc) is 2.56. The van der Waals surface area contributed by atoms with Crippen LogP contribution in [0.3, 0.4) is 0 Å². The van der Waals surface area contributed by atoms with Gasteiger partial charge in [0.25, 0.3) is 0 Å². The summed E-state index contributed by atoms with van der Waals surface area (Å²) in [6.07, 6.45) is 1.87. The Hall–Kier alpha value is -1.42. The largest absolute Gasteiger partial charge is 0.295 e. The number of halogens is 1. The van der Waals surface area contributed by atoms with Crippen molar-refractivity contribution in [3.63, 3.8) is 0 Å². The highest BCUT2D eigenvalue weighted by Crippen LogP contribution is 2.27. The molecule has 22 heavy (non-hydrogen) atoms. The molecule has 1 aliphatic heterocycles. The second-order valence-corrected chi connectivity index (χ2v) is 6.24. The zero-order valence-electron chi connectivity index (χ0n) is 13.0. The third-order valence-electron chi connectivity index (χ3n) is 4.42. The molecule has 1 aromatic carbocycles. The minimum atomic E-state index is 0.366. The topological polar surface area (TPSA) is 19.4 Å². The van der Waals surface area contributed by atoms with Crippen LogP contribution in [0.4, 0.5) is 0 Å². The second kappa shape index (κ2) is 7.23. The van der Waals surface area contributed by atoms with Crippen molar-refractivity contribution in [2.75, 3.05) is 26.2 Å². The Kier molecular flexibility index (Phi) is 5.08. The number of benzene rings is 1. The molecule has 1 aliphatic rings. The van der Waals surface area contributed by atoms with E-state index in [1.54, 1.807) is 0 Å². The fourth-order valence-electron chi connectivity index (χ4n) is 3.04. The van der Waals surface area contributed by atoms with Crippen LogP contribution in [0.15, 0.2) is 48.7 Å². The smallest absolute Gasteiger partial charge is 0.0543 e. The van der Waals surface area contributed by atoms with E-state index in [-0.39, 0.29) is 0 Å². The van der Waals surface area contributed by atoms with E-state index < -0.39 is 0 Å². The number of rotatable bonds is 4. The van der Waals surface area contributed by atoms with Gasteiger partial charge in [0.15, 0.2) is 0 Å². The SMILES string of the molecule is CC(c1ccccc1Cl)N1CCN(Cc2ccccn2)CC1. The van der Waals surface area contributed by atoms with Crippen molar-refractivity contribution in [1.82, 2.24) is 14.8 Å². The Morgan fingerprint density at radius 1 is 1.05 bits per heavy atom. The molecule has 0 saturated carbocycles. The van der Waals surface area contributed by atoms with Gasteiger partial charge in [-0.05, 0) is 30.7 Å². The Bertz CT molecular complexity index is 594. The van der Waals surface area contributed by atoms with Crippen molar-refractivity contribution in [2.45, 2.75) is 19.5 Å². The third-order valence-corrected chi connectivity index (χ3v) is 4.77. The summed E-state index contributed by atoms with van der Waals surface area (Å²) < 4.78 is 0. The quantitative estimate of drug-likeness (QED) is 0.859. The van der Waals surface area contributed by atoms with Crippen molar-refractivity contribution in [3.8, 4) is 0 Å². The Balaban J connectivity index is 1.56. The summed E-state index contributed by atoms with van der Waals surface area (Å²) in [6.45, 7) is 7.47. The van der Waals surface area contributed by atoms with E-state index >= 15 is 0 Å². The van der Waals surface area contributed by atoms with E-state index in [2.05, 4.69) is 46.0 Å². The highest BCUT2D eigenvalue weighted by Gasteiger charge is 2.23. The predicted octanol–water partition coefficient (Wildman–Crippen LogP) is 3.61. The molecule has 2 heterocycles. The van der Waals surface area contributed by atoms with Crippen LogP contribution < -0.4 is 0 Å². The van der Waals surface area contributed by atoms with E-state index in [9.17, 15) is 0 Å². The van der Waals surface area contributed by atoms with Gasteiger partial charge in [0.1, 0.15) is 0 Å². The molecule has 0 radical (unpaired) electrons. The second-order valence-electron chi connectivity index (χ2n) is 5.83.